The fourth-order valence-electron chi connectivity index (χ4n) is 1.79. The third kappa shape index (κ3) is 6.79. The van der Waals surface area contributed by atoms with Crippen LogP contribution in [0.25, 0.3) is 0 Å². The molecule has 128 valence electrons. The molecular weight excluding hydrogens is 334 g/mol. The molecule has 0 heterocycles. The van der Waals surface area contributed by atoms with Crippen LogP contribution in [0.15, 0.2) is 18.2 Å². The largest absolute Gasteiger partial charge is 0.480 e. The zero-order valence-corrected chi connectivity index (χ0v) is 13.1. The Bertz CT molecular complexity index is 558. The van der Waals surface area contributed by atoms with E-state index in [0.717, 1.165) is 0 Å². The lowest BCUT2D eigenvalue weighted by atomic mass is 10.2. The second kappa shape index (κ2) is 9.26. The number of benzene rings is 1. The summed E-state index contributed by atoms with van der Waals surface area (Å²) in [7, 11) is 0. The molecule has 1 atom stereocenters. The lowest BCUT2D eigenvalue weighted by Crippen LogP contribution is -2.41. The van der Waals surface area contributed by atoms with Gasteiger partial charge in [-0.2, -0.15) is 8.78 Å². The molecule has 0 spiro atoms. The van der Waals surface area contributed by atoms with Crippen molar-refractivity contribution in [3.63, 3.8) is 0 Å². The van der Waals surface area contributed by atoms with Crippen molar-refractivity contribution in [2.45, 2.75) is 32.4 Å². The summed E-state index contributed by atoms with van der Waals surface area (Å²) in [5, 5.41) is 14.0. The lowest BCUT2D eigenvalue weighted by molar-refractivity contribution is -0.139. The Hall–Kier alpha value is -1.93. The molecule has 0 fully saturated rings. The SMILES string of the molecule is CCCC(NCC(=O)Nc1ccc(OC(F)F)c(Cl)c1)C(=O)O. The minimum Gasteiger partial charge on any atom is -0.480 e. The second-order valence-electron chi connectivity index (χ2n) is 4.63. The molecule has 0 radical (unpaired) electrons. The number of halogens is 3. The summed E-state index contributed by atoms with van der Waals surface area (Å²) in [6.45, 7) is -1.37. The predicted molar refractivity (Wildman–Crippen MR) is 81.0 cm³/mol. The molecule has 23 heavy (non-hydrogen) atoms. The predicted octanol–water partition coefficient (Wildman–Crippen LogP) is 2.72. The van der Waals surface area contributed by atoms with Crippen LogP contribution in [-0.4, -0.2) is 36.2 Å². The van der Waals surface area contributed by atoms with Crippen molar-refractivity contribution in [2.75, 3.05) is 11.9 Å². The van der Waals surface area contributed by atoms with Crippen molar-refractivity contribution in [3.8, 4) is 5.75 Å². The summed E-state index contributed by atoms with van der Waals surface area (Å²) in [6, 6.07) is 3.01. The Kier molecular flexibility index (Phi) is 7.70. The highest BCUT2D eigenvalue weighted by molar-refractivity contribution is 6.32. The lowest BCUT2D eigenvalue weighted by Gasteiger charge is -2.14. The third-order valence-electron chi connectivity index (χ3n) is 2.82. The van der Waals surface area contributed by atoms with Gasteiger partial charge in [-0.25, -0.2) is 0 Å². The molecule has 3 N–H and O–H groups in total. The van der Waals surface area contributed by atoms with Crippen molar-refractivity contribution in [1.29, 1.82) is 0 Å². The Morgan fingerprint density at radius 2 is 2.09 bits per heavy atom. The van der Waals surface area contributed by atoms with E-state index >= 15 is 0 Å². The number of aliphatic carboxylic acids is 1. The second-order valence-corrected chi connectivity index (χ2v) is 5.04. The number of alkyl halides is 2. The molecule has 1 rings (SSSR count). The zero-order valence-electron chi connectivity index (χ0n) is 12.3. The van der Waals surface area contributed by atoms with Crippen LogP contribution in [0.3, 0.4) is 0 Å². The number of hydrogen-bond acceptors (Lipinski definition) is 4. The maximum Gasteiger partial charge on any atom is 0.387 e. The average molecular weight is 351 g/mol. The van der Waals surface area contributed by atoms with Crippen molar-refractivity contribution < 1.29 is 28.2 Å². The quantitative estimate of drug-likeness (QED) is 0.637. The summed E-state index contributed by atoms with van der Waals surface area (Å²) >= 11 is 5.76. The van der Waals surface area contributed by atoms with Gasteiger partial charge >= 0.3 is 12.6 Å². The summed E-state index contributed by atoms with van der Waals surface area (Å²) in [5.41, 5.74) is 0.283. The Morgan fingerprint density at radius 1 is 1.39 bits per heavy atom. The van der Waals surface area contributed by atoms with E-state index in [1.165, 1.54) is 18.2 Å². The van der Waals surface area contributed by atoms with Gasteiger partial charge in [0.05, 0.1) is 11.6 Å². The first kappa shape index (κ1) is 19.1. The molecule has 0 aliphatic heterocycles. The normalized spacial score (nSPS) is 12.0. The van der Waals surface area contributed by atoms with Crippen molar-refractivity contribution in [1.82, 2.24) is 5.32 Å². The summed E-state index contributed by atoms with van der Waals surface area (Å²) in [5.74, 6) is -1.71. The standard InChI is InChI=1S/C14H17ClF2N2O4/c1-2-3-10(13(21)22)18-7-12(20)19-8-4-5-11(9(15)6-8)23-14(16)17/h4-6,10,14,18H,2-3,7H2,1H3,(H,19,20)(H,21,22). The Morgan fingerprint density at radius 3 is 2.61 bits per heavy atom. The van der Waals surface area contributed by atoms with Gasteiger partial charge in [0.1, 0.15) is 11.8 Å². The Balaban J connectivity index is 2.57. The molecule has 0 saturated carbocycles. The number of hydrogen-bond donors (Lipinski definition) is 3. The minimum atomic E-state index is -3.00. The van der Waals surface area contributed by atoms with Crippen LogP contribution in [-0.2, 0) is 9.59 Å². The molecule has 6 nitrogen and oxygen atoms in total. The smallest absolute Gasteiger partial charge is 0.387 e. The minimum absolute atomic E-state index is 0.0783. The van der Waals surface area contributed by atoms with Crippen LogP contribution < -0.4 is 15.4 Å². The molecule has 1 unspecified atom stereocenters. The van der Waals surface area contributed by atoms with Crippen LogP contribution in [0.2, 0.25) is 5.02 Å². The third-order valence-corrected chi connectivity index (χ3v) is 3.11. The van der Waals surface area contributed by atoms with Crippen LogP contribution in [0.4, 0.5) is 14.5 Å². The maximum atomic E-state index is 12.1. The number of carboxylic acids is 1. The first-order chi connectivity index (χ1) is 10.8. The number of amides is 1. The van der Waals surface area contributed by atoms with Crippen molar-refractivity contribution in [2.24, 2.45) is 0 Å². The summed E-state index contributed by atoms with van der Waals surface area (Å²) in [6.07, 6.45) is 1.06. The molecule has 0 bridgehead atoms. The molecule has 0 aliphatic carbocycles. The number of rotatable bonds is 9. The van der Waals surface area contributed by atoms with Gasteiger partial charge in [-0.05, 0) is 24.6 Å². The molecule has 0 saturated heterocycles. The maximum absolute atomic E-state index is 12.1. The fraction of sp³-hybridized carbons (Fsp3) is 0.429. The molecule has 1 aromatic carbocycles. The molecular formula is C14H17ClF2N2O4. The number of carbonyl (C=O) groups excluding carboxylic acids is 1. The van der Waals surface area contributed by atoms with E-state index < -0.39 is 24.5 Å². The van der Waals surface area contributed by atoms with Crippen LogP contribution in [0, 0.1) is 0 Å². The molecule has 1 aromatic rings. The average Bonchev–Trinajstić information content (AvgIpc) is 2.45. The molecule has 1 amide bonds. The van der Waals surface area contributed by atoms with Crippen molar-refractivity contribution in [3.05, 3.63) is 23.2 Å². The molecule has 9 heteroatoms. The van der Waals surface area contributed by atoms with Crippen LogP contribution >= 0.6 is 11.6 Å². The van der Waals surface area contributed by atoms with Gasteiger partial charge < -0.3 is 15.2 Å². The highest BCUT2D eigenvalue weighted by atomic mass is 35.5. The molecule has 0 aliphatic rings. The van der Waals surface area contributed by atoms with Gasteiger partial charge in [0.25, 0.3) is 0 Å². The van der Waals surface area contributed by atoms with Gasteiger partial charge in [0.2, 0.25) is 5.91 Å². The zero-order chi connectivity index (χ0) is 17.4. The van der Waals surface area contributed by atoms with Gasteiger partial charge in [0, 0.05) is 5.69 Å². The number of nitrogens with one attached hydrogen (secondary N) is 2. The molecule has 0 aromatic heterocycles. The Labute approximate surface area is 136 Å². The van der Waals surface area contributed by atoms with E-state index in [9.17, 15) is 18.4 Å². The van der Waals surface area contributed by atoms with Gasteiger partial charge in [-0.15, -0.1) is 0 Å². The van der Waals surface area contributed by atoms with Gasteiger partial charge in [-0.1, -0.05) is 24.9 Å². The fourth-order valence-corrected chi connectivity index (χ4v) is 2.02. The van der Waals surface area contributed by atoms with E-state index in [4.69, 9.17) is 16.7 Å². The summed E-state index contributed by atoms with van der Waals surface area (Å²) < 4.78 is 28.4. The monoisotopic (exact) mass is 350 g/mol. The number of carbonyl (C=O) groups is 2. The van der Waals surface area contributed by atoms with E-state index in [1.54, 1.807) is 0 Å². The first-order valence-corrected chi connectivity index (χ1v) is 7.21. The summed E-state index contributed by atoms with van der Waals surface area (Å²) in [4.78, 5) is 22.7. The van der Waals surface area contributed by atoms with E-state index in [1.807, 2.05) is 6.92 Å². The number of ether oxygens (including phenoxy) is 1. The van der Waals surface area contributed by atoms with E-state index in [-0.39, 0.29) is 23.0 Å². The highest BCUT2D eigenvalue weighted by Crippen LogP contribution is 2.28. The number of carboxylic acid groups (broad SMARTS) is 1. The first-order valence-electron chi connectivity index (χ1n) is 6.83. The topological polar surface area (TPSA) is 87.7 Å². The van der Waals surface area contributed by atoms with Crippen molar-refractivity contribution >= 4 is 29.2 Å². The number of anilines is 1. The highest BCUT2D eigenvalue weighted by Gasteiger charge is 2.17. The van der Waals surface area contributed by atoms with Crippen LogP contribution in [0.5, 0.6) is 5.75 Å². The van der Waals surface area contributed by atoms with Gasteiger partial charge in [0.15, 0.2) is 0 Å². The van der Waals surface area contributed by atoms with Gasteiger partial charge in [-0.3, -0.25) is 14.9 Å². The van der Waals surface area contributed by atoms with E-state index in [2.05, 4.69) is 15.4 Å². The van der Waals surface area contributed by atoms with Crippen LogP contribution in [0.1, 0.15) is 19.8 Å². The van der Waals surface area contributed by atoms with E-state index in [0.29, 0.717) is 12.8 Å².